The number of methoxy groups -OCH3 is 4. The van der Waals surface area contributed by atoms with Crippen molar-refractivity contribution in [1.82, 2.24) is 4.90 Å². The van der Waals surface area contributed by atoms with Gasteiger partial charge in [0.1, 0.15) is 25.3 Å². The van der Waals surface area contributed by atoms with Crippen LogP contribution in [0.15, 0.2) is 37.3 Å². The Labute approximate surface area is 313 Å². The van der Waals surface area contributed by atoms with Gasteiger partial charge < -0.3 is 23.8 Å². The highest BCUT2D eigenvalue weighted by Gasteiger charge is 2.62. The van der Waals surface area contributed by atoms with Gasteiger partial charge in [0.05, 0.1) is 57.1 Å². The van der Waals surface area contributed by atoms with E-state index < -0.39 is 57.8 Å². The Morgan fingerprint density at radius 1 is 0.750 bits per heavy atom. The molecule has 13 nitrogen and oxygen atoms in total. The smallest absolute Gasteiger partial charge is 0.345 e. The molecule has 3 amide bonds. The van der Waals surface area contributed by atoms with E-state index in [0.717, 1.165) is 92.6 Å². The zero-order valence-corrected chi connectivity index (χ0v) is 32.4. The summed E-state index contributed by atoms with van der Waals surface area (Å²) >= 11 is 2.59. The fraction of sp³-hybridized carbons (Fsp3) is 0.472. The zero-order chi connectivity index (χ0) is 38.0. The monoisotopic (exact) mass is 770 g/mol. The van der Waals surface area contributed by atoms with Gasteiger partial charge in [0.25, 0.3) is 0 Å². The van der Waals surface area contributed by atoms with Crippen molar-refractivity contribution >= 4 is 88.1 Å². The molecule has 0 unspecified atom stereocenters. The minimum Gasteiger partial charge on any atom is -0.466 e. The summed E-state index contributed by atoms with van der Waals surface area (Å²) in [5, 5.41) is 0. The van der Waals surface area contributed by atoms with Crippen LogP contribution < -0.4 is 4.90 Å². The lowest BCUT2D eigenvalue weighted by Gasteiger charge is -2.51. The normalized spacial score (nSPS) is 23.0. The summed E-state index contributed by atoms with van der Waals surface area (Å²) < 4.78 is 18.8. The van der Waals surface area contributed by atoms with Crippen molar-refractivity contribution < 1.29 is 52.5 Å². The Morgan fingerprint density at radius 2 is 1.23 bits per heavy atom. The largest absolute Gasteiger partial charge is 0.466 e. The Bertz CT molecular complexity index is 1910. The van der Waals surface area contributed by atoms with Crippen LogP contribution in [-0.2, 0) is 52.5 Å². The quantitative estimate of drug-likeness (QED) is 0.227. The molecular weight excluding hydrogens is 733 g/mol. The van der Waals surface area contributed by atoms with Crippen LogP contribution in [0.25, 0.3) is 5.57 Å². The number of likely N-dealkylation sites (tertiary alicyclic amines) is 1. The Balaban J connectivity index is 1.60. The van der Waals surface area contributed by atoms with E-state index in [2.05, 4.69) is 0 Å². The van der Waals surface area contributed by atoms with Gasteiger partial charge in [-0.15, -0.1) is 0 Å². The van der Waals surface area contributed by atoms with E-state index >= 15 is 0 Å². The number of anilines is 1. The van der Waals surface area contributed by atoms with Crippen molar-refractivity contribution in [2.24, 2.45) is 11.8 Å². The van der Waals surface area contributed by atoms with E-state index in [-0.39, 0.29) is 32.1 Å². The van der Waals surface area contributed by atoms with Crippen LogP contribution >= 0.6 is 35.3 Å². The number of ether oxygens (including phenoxy) is 4. The van der Waals surface area contributed by atoms with Gasteiger partial charge >= 0.3 is 23.9 Å². The molecule has 4 aliphatic heterocycles. The molecule has 1 aromatic carbocycles. The fourth-order valence-corrected chi connectivity index (χ4v) is 12.7. The summed E-state index contributed by atoms with van der Waals surface area (Å²) in [5.74, 6) is -5.65. The van der Waals surface area contributed by atoms with Crippen LogP contribution in [0, 0.1) is 25.7 Å². The van der Waals surface area contributed by atoms with Gasteiger partial charge in [-0.25, -0.2) is 19.2 Å². The molecule has 0 radical (unpaired) electrons. The van der Waals surface area contributed by atoms with Crippen LogP contribution in [0.4, 0.5) is 5.69 Å². The highest BCUT2D eigenvalue weighted by atomic mass is 32.2. The molecule has 2 fully saturated rings. The van der Waals surface area contributed by atoms with E-state index in [0.29, 0.717) is 34.6 Å². The maximum atomic E-state index is 14.7. The van der Waals surface area contributed by atoms with Crippen molar-refractivity contribution in [3.63, 3.8) is 0 Å². The number of nitrogens with zero attached hydrogens (tertiary/aromatic N) is 2. The van der Waals surface area contributed by atoms with Crippen molar-refractivity contribution in [2.75, 3.05) is 39.9 Å². The second-order valence-corrected chi connectivity index (χ2v) is 17.2. The van der Waals surface area contributed by atoms with Crippen LogP contribution in [0.2, 0.25) is 0 Å². The zero-order valence-electron chi connectivity index (χ0n) is 30.0. The Morgan fingerprint density at radius 3 is 1.73 bits per heavy atom. The number of imide groups is 1. The number of amides is 3. The second-order valence-electron chi connectivity index (χ2n) is 13.5. The lowest BCUT2D eigenvalue weighted by molar-refractivity contribution is -0.143. The molecule has 5 aliphatic rings. The van der Waals surface area contributed by atoms with Crippen LogP contribution in [-0.4, -0.2) is 91.1 Å². The number of carbonyl (C=O) groups excluding carboxylic acids is 7. The summed E-state index contributed by atoms with van der Waals surface area (Å²) in [7, 11) is 4.60. The van der Waals surface area contributed by atoms with Crippen LogP contribution in [0.5, 0.6) is 0 Å². The number of hydrogen-bond acceptors (Lipinski definition) is 14. The van der Waals surface area contributed by atoms with Gasteiger partial charge in [0.15, 0.2) is 0 Å². The Hall–Kier alpha value is -4.02. The first-order valence-corrected chi connectivity index (χ1v) is 19.0. The van der Waals surface area contributed by atoms with E-state index in [4.69, 9.17) is 18.9 Å². The van der Waals surface area contributed by atoms with Crippen LogP contribution in [0.3, 0.4) is 0 Å². The summed E-state index contributed by atoms with van der Waals surface area (Å²) in [6.45, 7) is 6.77. The summed E-state index contributed by atoms with van der Waals surface area (Å²) in [5.41, 5.74) is 1.46. The third-order valence-corrected chi connectivity index (χ3v) is 14.9. The number of carbonyl (C=O) groups is 7. The highest BCUT2D eigenvalue weighted by molar-refractivity contribution is 8.26. The molecule has 276 valence electrons. The van der Waals surface area contributed by atoms with Gasteiger partial charge in [-0.05, 0) is 63.8 Å². The maximum Gasteiger partial charge on any atom is 0.345 e. The molecule has 1 aliphatic carbocycles. The molecule has 1 saturated carbocycles. The van der Waals surface area contributed by atoms with E-state index in [1.807, 2.05) is 26.0 Å². The topological polar surface area (TPSA) is 163 Å². The van der Waals surface area contributed by atoms with Crippen molar-refractivity contribution in [2.45, 2.75) is 63.0 Å². The van der Waals surface area contributed by atoms with Gasteiger partial charge in [-0.1, -0.05) is 48.1 Å². The van der Waals surface area contributed by atoms with Gasteiger partial charge in [-0.2, -0.15) is 0 Å². The van der Waals surface area contributed by atoms with Crippen molar-refractivity contribution in [3.8, 4) is 0 Å². The van der Waals surface area contributed by atoms with E-state index in [1.165, 1.54) is 4.90 Å². The van der Waals surface area contributed by atoms with Crippen molar-refractivity contribution in [3.05, 3.63) is 54.0 Å². The van der Waals surface area contributed by atoms with Crippen LogP contribution in [0.1, 0.15) is 56.2 Å². The minimum atomic E-state index is -1.73. The summed E-state index contributed by atoms with van der Waals surface area (Å²) in [4.78, 5) is 98.4. The predicted octanol–water partition coefficient (Wildman–Crippen LogP) is 4.40. The van der Waals surface area contributed by atoms with Gasteiger partial charge in [0.2, 0.25) is 17.7 Å². The van der Waals surface area contributed by atoms with Gasteiger partial charge in [0, 0.05) is 16.0 Å². The average Bonchev–Trinajstić information content (AvgIpc) is 3.63. The number of rotatable bonds is 6. The molecular formula is C36H38N2O11S3. The standard InChI is InChI=1S/C36H38N2O11S3/c1-16-13-20-21(14-17(16)2)38(22(39)15-37-29(40)18-11-9-10-12-19(18)30(37)41)35(3,4)28-23(20)36(24(31(42)46-5)25(50-28)32(43)47-6)51-26(33(44)48-7)27(52-36)34(45)49-8/h13-14,18-19H,9-12,15H2,1-8H3/t18-,19-/m0/s1. The number of hydrogen-bond donors (Lipinski definition) is 0. The molecule has 1 saturated heterocycles. The van der Waals surface area contributed by atoms with Gasteiger partial charge in [-0.3, -0.25) is 19.3 Å². The minimum absolute atomic E-state index is 0.155. The van der Waals surface area contributed by atoms with E-state index in [1.54, 1.807) is 13.8 Å². The molecule has 2 atom stereocenters. The fourth-order valence-electron chi connectivity index (χ4n) is 7.61. The first-order chi connectivity index (χ1) is 24.6. The molecule has 0 bridgehead atoms. The summed E-state index contributed by atoms with van der Waals surface area (Å²) in [6, 6.07) is 3.66. The third-order valence-electron chi connectivity index (χ3n) is 10.2. The Kier molecular flexibility index (Phi) is 9.98. The first kappa shape index (κ1) is 37.7. The molecule has 0 aromatic heterocycles. The highest BCUT2D eigenvalue weighted by Crippen LogP contribution is 2.71. The third kappa shape index (κ3) is 5.59. The second kappa shape index (κ2) is 13.8. The molecule has 1 aromatic rings. The van der Waals surface area contributed by atoms with Crippen molar-refractivity contribution in [1.29, 1.82) is 0 Å². The lowest BCUT2D eigenvalue weighted by atomic mass is 9.81. The number of benzene rings is 1. The molecule has 1 spiro atoms. The SMILES string of the molecule is COC(=O)C1=C(C(=O)OC)SC2(S1)C(C(=O)OC)=C(C(=O)OC)SC1=C2c2cc(C)c(C)cc2N(C(=O)CN2C(=O)[C@H]3CCCC[C@@H]3C2=O)C1(C)C. The molecule has 16 heteroatoms. The van der Waals surface area contributed by atoms with E-state index in [9.17, 15) is 33.6 Å². The lowest BCUT2D eigenvalue weighted by Crippen LogP contribution is -2.56. The number of aryl methyl sites for hydroxylation is 2. The summed E-state index contributed by atoms with van der Waals surface area (Å²) in [6.07, 6.45) is 2.88. The first-order valence-electron chi connectivity index (χ1n) is 16.5. The molecule has 52 heavy (non-hydrogen) atoms. The number of esters is 4. The number of thioether (sulfide) groups is 3. The predicted molar refractivity (Wildman–Crippen MR) is 194 cm³/mol. The maximum absolute atomic E-state index is 14.7. The number of fused-ring (bicyclic) bond motifs is 4. The molecule has 6 rings (SSSR count). The molecule has 0 N–H and O–H groups in total. The molecule has 4 heterocycles. The average molecular weight is 771 g/mol.